The van der Waals surface area contributed by atoms with Crippen LogP contribution in [0.3, 0.4) is 0 Å². The zero-order valence-electron chi connectivity index (χ0n) is 10.2. The summed E-state index contributed by atoms with van der Waals surface area (Å²) in [4.78, 5) is 0. The highest BCUT2D eigenvalue weighted by Crippen LogP contribution is 2.36. The second kappa shape index (κ2) is 5.63. The van der Waals surface area contributed by atoms with Crippen molar-refractivity contribution < 1.29 is 10.2 Å². The van der Waals surface area contributed by atoms with Crippen LogP contribution in [-0.2, 0) is 6.61 Å². The Morgan fingerprint density at radius 2 is 2.22 bits per heavy atom. The number of halogens is 1. The van der Waals surface area contributed by atoms with Crippen molar-refractivity contribution in [3.05, 3.63) is 23.8 Å². The van der Waals surface area contributed by atoms with E-state index < -0.39 is 5.72 Å². The fraction of sp³-hybridized carbons (Fsp3) is 0.538. The monoisotopic (exact) mass is 362 g/mol. The number of hydrogen-bond donors (Lipinski definition) is 4. The van der Waals surface area contributed by atoms with Gasteiger partial charge < -0.3 is 21.3 Å². The first-order valence-corrected chi connectivity index (χ1v) is 7.43. The third kappa shape index (κ3) is 2.89. The molecule has 1 aliphatic carbocycles. The Balaban J connectivity index is 2.17. The Morgan fingerprint density at radius 3 is 2.83 bits per heavy atom. The van der Waals surface area contributed by atoms with Gasteiger partial charge >= 0.3 is 0 Å². The van der Waals surface area contributed by atoms with E-state index in [1.807, 2.05) is 12.1 Å². The summed E-state index contributed by atoms with van der Waals surface area (Å²) in [5.41, 5.74) is 7.12. The Morgan fingerprint density at radius 1 is 1.44 bits per heavy atom. The maximum absolute atomic E-state index is 10.6. The molecule has 0 spiro atoms. The number of aliphatic hydroxyl groups is 2. The van der Waals surface area contributed by atoms with Crippen LogP contribution in [0.15, 0.2) is 18.2 Å². The maximum Gasteiger partial charge on any atom is 0.147 e. The fourth-order valence-corrected chi connectivity index (χ4v) is 3.22. The number of anilines is 2. The number of nitrogen functional groups attached to an aromatic ring is 1. The normalized spacial score (nSPS) is 28.1. The molecule has 1 aromatic carbocycles. The predicted molar refractivity (Wildman–Crippen MR) is 81.6 cm³/mol. The van der Waals surface area contributed by atoms with Crippen LogP contribution < -0.4 is 11.1 Å². The molecule has 2 atom stereocenters. The molecule has 4 nitrogen and oxygen atoms in total. The van der Waals surface area contributed by atoms with Gasteiger partial charge in [-0.1, -0.05) is 35.1 Å². The third-order valence-corrected chi connectivity index (χ3v) is 5.09. The molecule has 1 aromatic rings. The molecule has 5 heteroatoms. The average Bonchev–Trinajstić information content (AvgIpc) is 2.36. The molecule has 0 amide bonds. The standard InChI is InChI=1S/C13H19IN2O2/c14-12-3-1-2-6-13(12,18)16-11-5-4-9(8-17)7-10(11)15/h4-5,7,12,16-18H,1-3,6,8,15H2. The van der Waals surface area contributed by atoms with Gasteiger partial charge in [0.1, 0.15) is 5.72 Å². The third-order valence-electron chi connectivity index (χ3n) is 3.43. The van der Waals surface area contributed by atoms with Gasteiger partial charge in [0.2, 0.25) is 0 Å². The Labute approximate surface area is 121 Å². The SMILES string of the molecule is Nc1cc(CO)ccc1NC1(O)CCCCC1I. The van der Waals surface area contributed by atoms with Crippen molar-refractivity contribution in [1.82, 2.24) is 0 Å². The Kier molecular flexibility index (Phi) is 4.34. The van der Waals surface area contributed by atoms with Crippen molar-refractivity contribution in [3.63, 3.8) is 0 Å². The molecule has 0 radical (unpaired) electrons. The van der Waals surface area contributed by atoms with Gasteiger partial charge in [-0.2, -0.15) is 0 Å². The molecule has 0 saturated heterocycles. The van der Waals surface area contributed by atoms with E-state index in [4.69, 9.17) is 10.8 Å². The van der Waals surface area contributed by atoms with Gasteiger partial charge in [-0.05, 0) is 37.0 Å². The van der Waals surface area contributed by atoms with Crippen LogP contribution >= 0.6 is 22.6 Å². The molecule has 0 aromatic heterocycles. The van der Waals surface area contributed by atoms with Crippen LogP contribution in [0.4, 0.5) is 11.4 Å². The molecule has 18 heavy (non-hydrogen) atoms. The minimum absolute atomic E-state index is 0.0241. The van der Waals surface area contributed by atoms with Crippen LogP contribution in [0, 0.1) is 0 Å². The quantitative estimate of drug-likeness (QED) is 0.288. The Hall–Kier alpha value is -0.530. The first kappa shape index (κ1) is 13.9. The van der Waals surface area contributed by atoms with Gasteiger partial charge in [0.25, 0.3) is 0 Å². The zero-order valence-corrected chi connectivity index (χ0v) is 12.4. The summed E-state index contributed by atoms with van der Waals surface area (Å²) in [6, 6.07) is 5.36. The van der Waals surface area contributed by atoms with Crippen LogP contribution in [0.25, 0.3) is 0 Å². The first-order valence-electron chi connectivity index (χ1n) is 6.19. The minimum Gasteiger partial charge on any atom is -0.397 e. The topological polar surface area (TPSA) is 78.5 Å². The first-order chi connectivity index (χ1) is 8.55. The van der Waals surface area contributed by atoms with E-state index in [1.165, 1.54) is 0 Å². The molecule has 2 rings (SSSR count). The molecule has 0 heterocycles. The summed E-state index contributed by atoms with van der Waals surface area (Å²) in [5, 5.41) is 22.8. The molecule has 5 N–H and O–H groups in total. The minimum atomic E-state index is -0.881. The van der Waals surface area contributed by atoms with Gasteiger partial charge in [0, 0.05) is 0 Å². The van der Waals surface area contributed by atoms with Crippen LogP contribution in [0.2, 0.25) is 0 Å². The molecule has 1 fully saturated rings. The molecule has 2 unspecified atom stereocenters. The molecular formula is C13H19IN2O2. The number of benzene rings is 1. The maximum atomic E-state index is 10.6. The smallest absolute Gasteiger partial charge is 0.147 e. The van der Waals surface area contributed by atoms with Crippen molar-refractivity contribution in [2.75, 3.05) is 11.1 Å². The van der Waals surface area contributed by atoms with E-state index in [2.05, 4.69) is 27.9 Å². The molecule has 1 saturated carbocycles. The van der Waals surface area contributed by atoms with Crippen molar-refractivity contribution in [3.8, 4) is 0 Å². The van der Waals surface area contributed by atoms with Crippen molar-refractivity contribution in [2.45, 2.75) is 41.9 Å². The van der Waals surface area contributed by atoms with Crippen LogP contribution in [-0.4, -0.2) is 19.9 Å². The van der Waals surface area contributed by atoms with E-state index in [0.717, 1.165) is 36.9 Å². The predicted octanol–water partition coefficient (Wildman–Crippen LogP) is 2.24. The van der Waals surface area contributed by atoms with Gasteiger partial charge in [-0.15, -0.1) is 0 Å². The summed E-state index contributed by atoms with van der Waals surface area (Å²) >= 11 is 2.29. The molecule has 0 bridgehead atoms. The van der Waals surface area contributed by atoms with E-state index in [1.54, 1.807) is 6.07 Å². The lowest BCUT2D eigenvalue weighted by Crippen LogP contribution is -2.48. The highest BCUT2D eigenvalue weighted by molar-refractivity contribution is 14.1. The van der Waals surface area contributed by atoms with Crippen molar-refractivity contribution in [2.24, 2.45) is 0 Å². The summed E-state index contributed by atoms with van der Waals surface area (Å²) in [6.45, 7) is -0.0241. The van der Waals surface area contributed by atoms with E-state index in [9.17, 15) is 5.11 Å². The van der Waals surface area contributed by atoms with Crippen LogP contribution in [0.1, 0.15) is 31.2 Å². The number of alkyl halides is 1. The average molecular weight is 362 g/mol. The summed E-state index contributed by atoms with van der Waals surface area (Å²) in [7, 11) is 0. The van der Waals surface area contributed by atoms with E-state index in [-0.39, 0.29) is 10.5 Å². The molecular weight excluding hydrogens is 343 g/mol. The lowest BCUT2D eigenvalue weighted by molar-refractivity contribution is 0.0433. The zero-order chi connectivity index (χ0) is 13.2. The number of nitrogens with one attached hydrogen (secondary N) is 1. The van der Waals surface area contributed by atoms with Gasteiger partial charge in [-0.25, -0.2) is 0 Å². The molecule has 1 aliphatic rings. The fourth-order valence-electron chi connectivity index (χ4n) is 2.31. The second-order valence-electron chi connectivity index (χ2n) is 4.84. The van der Waals surface area contributed by atoms with Gasteiger partial charge in [-0.3, -0.25) is 0 Å². The van der Waals surface area contributed by atoms with Gasteiger partial charge in [0.15, 0.2) is 0 Å². The second-order valence-corrected chi connectivity index (χ2v) is 6.35. The number of hydrogen-bond acceptors (Lipinski definition) is 4. The van der Waals surface area contributed by atoms with Crippen LogP contribution in [0.5, 0.6) is 0 Å². The Bertz CT molecular complexity index is 427. The summed E-state index contributed by atoms with van der Waals surface area (Å²) in [6.07, 6.45) is 3.94. The summed E-state index contributed by atoms with van der Waals surface area (Å²) < 4.78 is 0.181. The highest BCUT2D eigenvalue weighted by Gasteiger charge is 2.37. The lowest BCUT2D eigenvalue weighted by atomic mass is 9.91. The van der Waals surface area contributed by atoms with E-state index in [0.29, 0.717) is 5.69 Å². The molecule has 0 aliphatic heterocycles. The van der Waals surface area contributed by atoms with Gasteiger partial charge in [0.05, 0.1) is 21.9 Å². The van der Waals surface area contributed by atoms with Crippen molar-refractivity contribution in [1.29, 1.82) is 0 Å². The highest BCUT2D eigenvalue weighted by atomic mass is 127. The van der Waals surface area contributed by atoms with E-state index >= 15 is 0 Å². The summed E-state index contributed by atoms with van der Waals surface area (Å²) in [5.74, 6) is 0. The van der Waals surface area contributed by atoms with Crippen molar-refractivity contribution >= 4 is 34.0 Å². The largest absolute Gasteiger partial charge is 0.397 e. The lowest BCUT2D eigenvalue weighted by Gasteiger charge is -2.38. The molecule has 100 valence electrons. The number of rotatable bonds is 3. The number of aliphatic hydroxyl groups excluding tert-OH is 1. The number of nitrogens with two attached hydrogens (primary N) is 1.